The van der Waals surface area contributed by atoms with Gasteiger partial charge >= 0.3 is 17.6 Å². The number of hydrogen-bond acceptors (Lipinski definition) is 6. The van der Waals surface area contributed by atoms with E-state index in [1.165, 1.54) is 0 Å². The molecule has 0 aliphatic rings. The third-order valence-corrected chi connectivity index (χ3v) is 3.51. The predicted octanol–water partition coefficient (Wildman–Crippen LogP) is -1.17. The van der Waals surface area contributed by atoms with Crippen LogP contribution in [0.3, 0.4) is 0 Å². The largest absolute Gasteiger partial charge is 0.480 e. The number of nitrogens with two attached hydrogens (primary N) is 1. The fourth-order valence-electron chi connectivity index (χ4n) is 2.15. The Labute approximate surface area is 168 Å². The van der Waals surface area contributed by atoms with E-state index in [0.717, 1.165) is 11.6 Å². The topological polar surface area (TPSA) is 213 Å². The van der Waals surface area contributed by atoms with Crippen molar-refractivity contribution in [2.45, 2.75) is 25.3 Å². The molecule has 7 N–H and O–H groups in total. The van der Waals surface area contributed by atoms with E-state index in [2.05, 4.69) is 5.32 Å². The van der Waals surface area contributed by atoms with E-state index in [-0.39, 0.29) is 19.3 Å². The average Bonchev–Trinajstić information content (AvgIpc) is 2.65. The van der Waals surface area contributed by atoms with Crippen LogP contribution in [-0.4, -0.2) is 50.0 Å². The van der Waals surface area contributed by atoms with E-state index in [1.807, 2.05) is 16.0 Å². The molecule has 0 bridgehead atoms. The zero-order valence-corrected chi connectivity index (χ0v) is 15.6. The number of amides is 2. The molecule has 0 aliphatic carbocycles. The summed E-state index contributed by atoms with van der Waals surface area (Å²) < 4.78 is 0. The number of carbonyl (C=O) groups is 4. The van der Waals surface area contributed by atoms with E-state index in [4.69, 9.17) is 15.9 Å². The van der Waals surface area contributed by atoms with Gasteiger partial charge < -0.3 is 26.2 Å². The first-order chi connectivity index (χ1) is 14.1. The lowest BCUT2D eigenvalue weighted by Gasteiger charge is -2.13. The molecule has 0 fully saturated rings. The lowest BCUT2D eigenvalue weighted by atomic mass is 10.1. The highest BCUT2D eigenvalue weighted by Gasteiger charge is 2.20. The van der Waals surface area contributed by atoms with E-state index in [0.29, 0.717) is 0 Å². The molecule has 1 atom stereocenters. The number of rotatable bonds is 8. The molecule has 0 aliphatic heterocycles. The number of carbonyl (C=O) groups excluding carboxylic acids is 2. The molecule has 1 aromatic heterocycles. The van der Waals surface area contributed by atoms with Gasteiger partial charge in [0.2, 0.25) is 11.8 Å². The maximum Gasteiger partial charge on any atom is 0.352 e. The normalized spacial score (nSPS) is 10.8. The Bertz CT molecular complexity index is 984. The first kappa shape index (κ1) is 23.8. The minimum absolute atomic E-state index is 0.00873. The fourth-order valence-corrected chi connectivity index (χ4v) is 2.15. The van der Waals surface area contributed by atoms with Gasteiger partial charge in [-0.1, -0.05) is 30.3 Å². The van der Waals surface area contributed by atoms with Crippen molar-refractivity contribution in [3.05, 3.63) is 68.5 Å². The van der Waals surface area contributed by atoms with Crippen molar-refractivity contribution >= 4 is 23.8 Å². The second-order valence-corrected chi connectivity index (χ2v) is 5.93. The van der Waals surface area contributed by atoms with Gasteiger partial charge in [0.25, 0.3) is 5.56 Å². The molecule has 0 saturated heterocycles. The van der Waals surface area contributed by atoms with Gasteiger partial charge in [-0.3, -0.25) is 19.4 Å². The highest BCUT2D eigenvalue weighted by atomic mass is 16.4. The number of aromatic carboxylic acids is 1. The molecule has 1 heterocycles. The quantitative estimate of drug-likeness (QED) is 0.305. The van der Waals surface area contributed by atoms with Crippen LogP contribution < -0.4 is 22.3 Å². The summed E-state index contributed by atoms with van der Waals surface area (Å²) >= 11 is 0. The molecule has 1 unspecified atom stereocenters. The molecule has 30 heavy (non-hydrogen) atoms. The molecular formula is C18H20N4O8. The SMILES string of the molecule is NC(=O)CCC(NC(=O)Cc1ccccc1)C(=O)O.O=C(O)c1cc(=O)[nH]c(=O)[nH]1. The molecule has 12 heteroatoms. The number of primary amides is 1. The molecule has 0 spiro atoms. The number of aromatic nitrogens is 2. The standard InChI is InChI=1S/C13H16N2O4.C5H4N2O4/c14-11(16)7-6-10(13(18)19)15-12(17)8-9-4-2-1-3-5-9;8-3-1-2(4(9)10)6-5(11)7-3/h1-5,10H,6-8H2,(H2,14,16)(H,15,17)(H,18,19);1H,(H,9,10)(H2,6,7,8,11). The van der Waals surface area contributed by atoms with E-state index in [1.54, 1.807) is 24.3 Å². The molecule has 2 amide bonds. The summed E-state index contributed by atoms with van der Waals surface area (Å²) in [4.78, 5) is 68.1. The summed E-state index contributed by atoms with van der Waals surface area (Å²) in [5.74, 6) is -3.51. The Morgan fingerprint density at radius 3 is 2.17 bits per heavy atom. The highest BCUT2D eigenvalue weighted by molar-refractivity contribution is 5.85. The minimum atomic E-state index is -1.34. The Hall–Kier alpha value is -4.22. The van der Waals surface area contributed by atoms with Gasteiger partial charge in [-0.15, -0.1) is 0 Å². The van der Waals surface area contributed by atoms with Gasteiger partial charge in [-0.25, -0.2) is 14.4 Å². The molecule has 0 radical (unpaired) electrons. The van der Waals surface area contributed by atoms with Gasteiger partial charge in [0, 0.05) is 12.5 Å². The molecule has 0 saturated carbocycles. The maximum absolute atomic E-state index is 11.7. The lowest BCUT2D eigenvalue weighted by Crippen LogP contribution is -2.42. The van der Waals surface area contributed by atoms with E-state index >= 15 is 0 Å². The second-order valence-electron chi connectivity index (χ2n) is 5.93. The minimum Gasteiger partial charge on any atom is -0.480 e. The zero-order chi connectivity index (χ0) is 22.7. The van der Waals surface area contributed by atoms with Crippen molar-refractivity contribution in [2.24, 2.45) is 5.73 Å². The summed E-state index contributed by atoms with van der Waals surface area (Å²) in [5.41, 5.74) is 3.77. The number of nitrogens with one attached hydrogen (secondary N) is 3. The first-order valence-corrected chi connectivity index (χ1v) is 8.49. The first-order valence-electron chi connectivity index (χ1n) is 8.49. The lowest BCUT2D eigenvalue weighted by molar-refractivity contribution is -0.142. The summed E-state index contributed by atoms with van der Waals surface area (Å²) in [5, 5.41) is 19.6. The van der Waals surface area contributed by atoms with Crippen LogP contribution in [0.4, 0.5) is 0 Å². The van der Waals surface area contributed by atoms with E-state index < -0.39 is 46.7 Å². The van der Waals surface area contributed by atoms with Gasteiger partial charge in [0.1, 0.15) is 11.7 Å². The predicted molar refractivity (Wildman–Crippen MR) is 103 cm³/mol. The van der Waals surface area contributed by atoms with Crippen LogP contribution in [0.15, 0.2) is 46.0 Å². The van der Waals surface area contributed by atoms with Crippen molar-refractivity contribution in [1.82, 2.24) is 15.3 Å². The Morgan fingerprint density at radius 1 is 1.03 bits per heavy atom. The van der Waals surface area contributed by atoms with Gasteiger partial charge in [0.15, 0.2) is 0 Å². The Morgan fingerprint density at radius 2 is 1.67 bits per heavy atom. The smallest absolute Gasteiger partial charge is 0.352 e. The number of carboxylic acid groups (broad SMARTS) is 2. The zero-order valence-electron chi connectivity index (χ0n) is 15.6. The van der Waals surface area contributed by atoms with Crippen molar-refractivity contribution in [2.75, 3.05) is 0 Å². The van der Waals surface area contributed by atoms with Crippen LogP contribution in [0.1, 0.15) is 28.9 Å². The molecule has 2 rings (SSSR count). The third-order valence-electron chi connectivity index (χ3n) is 3.51. The molecule has 12 nitrogen and oxygen atoms in total. The number of carboxylic acids is 2. The number of aromatic amines is 2. The second kappa shape index (κ2) is 11.6. The number of hydrogen-bond donors (Lipinski definition) is 6. The summed E-state index contributed by atoms with van der Waals surface area (Å²) in [6, 6.07) is 8.67. The van der Waals surface area contributed by atoms with Crippen LogP contribution in [-0.2, 0) is 20.8 Å². The van der Waals surface area contributed by atoms with Crippen molar-refractivity contribution in [1.29, 1.82) is 0 Å². The number of aliphatic carboxylic acids is 1. The summed E-state index contributed by atoms with van der Waals surface area (Å²) in [6.07, 6.45) is 0.00890. The summed E-state index contributed by atoms with van der Waals surface area (Å²) in [7, 11) is 0. The monoisotopic (exact) mass is 420 g/mol. The highest BCUT2D eigenvalue weighted by Crippen LogP contribution is 2.02. The van der Waals surface area contributed by atoms with Crippen molar-refractivity contribution in [3.8, 4) is 0 Å². The third kappa shape index (κ3) is 9.12. The van der Waals surface area contributed by atoms with Crippen LogP contribution >= 0.6 is 0 Å². The van der Waals surface area contributed by atoms with Crippen molar-refractivity contribution < 1.29 is 29.4 Å². The Kier molecular flexibility index (Phi) is 9.20. The van der Waals surface area contributed by atoms with Crippen LogP contribution in [0.5, 0.6) is 0 Å². The molecule has 1 aromatic carbocycles. The van der Waals surface area contributed by atoms with Crippen LogP contribution in [0.25, 0.3) is 0 Å². The van der Waals surface area contributed by atoms with Crippen LogP contribution in [0.2, 0.25) is 0 Å². The van der Waals surface area contributed by atoms with Gasteiger partial charge in [-0.05, 0) is 12.0 Å². The fraction of sp³-hybridized carbons (Fsp3) is 0.222. The average molecular weight is 420 g/mol. The molecule has 2 aromatic rings. The van der Waals surface area contributed by atoms with Gasteiger partial charge in [-0.2, -0.15) is 0 Å². The van der Waals surface area contributed by atoms with Crippen molar-refractivity contribution in [3.63, 3.8) is 0 Å². The van der Waals surface area contributed by atoms with E-state index in [9.17, 15) is 28.8 Å². The molecule has 160 valence electrons. The number of H-pyrrole nitrogens is 2. The van der Waals surface area contributed by atoms with Crippen LogP contribution in [0, 0.1) is 0 Å². The summed E-state index contributed by atoms with van der Waals surface area (Å²) in [6.45, 7) is 0. The maximum atomic E-state index is 11.7. The Balaban J connectivity index is 0.000000346. The number of benzene rings is 1. The molecular weight excluding hydrogens is 400 g/mol. The van der Waals surface area contributed by atoms with Gasteiger partial charge in [0.05, 0.1) is 6.42 Å².